The number of aromatic nitrogens is 1. The molecule has 0 unspecified atom stereocenters. The van der Waals surface area contributed by atoms with E-state index in [2.05, 4.69) is 10.5 Å². The topological polar surface area (TPSA) is 55.1 Å². The molecular weight excluding hydrogens is 335 g/mol. The van der Waals surface area contributed by atoms with E-state index in [0.29, 0.717) is 22.4 Å². The molecule has 4 nitrogen and oxygen atoms in total. The molecule has 0 atom stereocenters. The van der Waals surface area contributed by atoms with Crippen LogP contribution in [0.4, 0.5) is 0 Å². The largest absolute Gasteiger partial charge is 0.355 e. The summed E-state index contributed by atoms with van der Waals surface area (Å²) < 4.78 is 5.21. The number of carbonyl (C=O) groups excluding carboxylic acids is 1. The highest BCUT2D eigenvalue weighted by molar-refractivity contribution is 6.30. The van der Waals surface area contributed by atoms with Crippen molar-refractivity contribution < 1.29 is 9.32 Å². The van der Waals surface area contributed by atoms with E-state index in [1.807, 2.05) is 12.1 Å². The predicted molar refractivity (Wildman–Crippen MR) is 89.6 cm³/mol. The van der Waals surface area contributed by atoms with Crippen molar-refractivity contribution in [3.63, 3.8) is 0 Å². The summed E-state index contributed by atoms with van der Waals surface area (Å²) in [5.41, 5.74) is 1.98. The number of rotatable bonds is 4. The van der Waals surface area contributed by atoms with Gasteiger partial charge in [-0.2, -0.15) is 0 Å². The van der Waals surface area contributed by atoms with Gasteiger partial charge in [0, 0.05) is 28.2 Å². The average molecular weight is 347 g/mol. The number of nitrogens with zero attached hydrogens (tertiary/aromatic N) is 1. The van der Waals surface area contributed by atoms with Crippen LogP contribution in [-0.2, 0) is 6.54 Å². The third-order valence-corrected chi connectivity index (χ3v) is 3.74. The van der Waals surface area contributed by atoms with Gasteiger partial charge in [0.15, 0.2) is 11.5 Å². The van der Waals surface area contributed by atoms with Gasteiger partial charge in [-0.05, 0) is 42.0 Å². The number of benzene rings is 2. The van der Waals surface area contributed by atoms with Gasteiger partial charge in [0.25, 0.3) is 5.91 Å². The molecule has 2 aromatic carbocycles. The highest BCUT2D eigenvalue weighted by Gasteiger charge is 2.13. The van der Waals surface area contributed by atoms with Gasteiger partial charge in [0.2, 0.25) is 0 Å². The second kappa shape index (κ2) is 6.86. The molecule has 0 aliphatic carbocycles. The average Bonchev–Trinajstić information content (AvgIpc) is 3.05. The van der Waals surface area contributed by atoms with Gasteiger partial charge >= 0.3 is 0 Å². The van der Waals surface area contributed by atoms with Crippen LogP contribution in [0.25, 0.3) is 11.3 Å². The molecular formula is C17H12Cl2N2O2. The lowest BCUT2D eigenvalue weighted by molar-refractivity contribution is 0.0942. The molecule has 0 bridgehead atoms. The second-order valence-electron chi connectivity index (χ2n) is 4.89. The molecule has 1 amide bonds. The van der Waals surface area contributed by atoms with Crippen molar-refractivity contribution in [1.29, 1.82) is 0 Å². The van der Waals surface area contributed by atoms with E-state index in [9.17, 15) is 4.79 Å². The number of hydrogen-bond acceptors (Lipinski definition) is 3. The summed E-state index contributed by atoms with van der Waals surface area (Å²) in [7, 11) is 0. The zero-order valence-corrected chi connectivity index (χ0v) is 13.4. The van der Waals surface area contributed by atoms with E-state index in [4.69, 9.17) is 27.7 Å². The van der Waals surface area contributed by atoms with Gasteiger partial charge in [-0.1, -0.05) is 40.5 Å². The molecule has 3 aromatic rings. The Morgan fingerprint density at radius 2 is 1.61 bits per heavy atom. The molecule has 0 fully saturated rings. The summed E-state index contributed by atoms with van der Waals surface area (Å²) in [4.78, 5) is 12.1. The predicted octanol–water partition coefficient (Wildman–Crippen LogP) is 4.58. The Balaban J connectivity index is 1.66. The van der Waals surface area contributed by atoms with E-state index in [-0.39, 0.29) is 11.6 Å². The summed E-state index contributed by atoms with van der Waals surface area (Å²) in [5, 5.41) is 7.87. The number of nitrogens with one attached hydrogen (secondary N) is 1. The molecule has 0 aliphatic rings. The lowest BCUT2D eigenvalue weighted by atomic mass is 10.1. The first-order valence-electron chi connectivity index (χ1n) is 6.87. The molecule has 6 heteroatoms. The Morgan fingerprint density at radius 3 is 2.26 bits per heavy atom. The third kappa shape index (κ3) is 3.92. The zero-order chi connectivity index (χ0) is 16.2. The van der Waals surface area contributed by atoms with Gasteiger partial charge in [-0.25, -0.2) is 0 Å². The third-order valence-electron chi connectivity index (χ3n) is 3.24. The SMILES string of the molecule is O=C(NCc1ccc(Cl)cc1)c1cc(-c2ccc(Cl)cc2)on1. The number of carbonyl (C=O) groups is 1. The Labute approximate surface area is 143 Å². The van der Waals surface area contributed by atoms with Crippen LogP contribution in [0.2, 0.25) is 10.0 Å². The first-order chi connectivity index (χ1) is 11.1. The lowest BCUT2D eigenvalue weighted by Crippen LogP contribution is -2.22. The van der Waals surface area contributed by atoms with Gasteiger partial charge in [0.05, 0.1) is 0 Å². The van der Waals surface area contributed by atoms with Crippen molar-refractivity contribution in [2.24, 2.45) is 0 Å². The summed E-state index contributed by atoms with van der Waals surface area (Å²) in [5.74, 6) is 0.210. The molecule has 1 N–H and O–H groups in total. The van der Waals surface area contributed by atoms with Crippen LogP contribution in [0.15, 0.2) is 59.1 Å². The Hall–Kier alpha value is -2.30. The molecule has 0 saturated carbocycles. The van der Waals surface area contributed by atoms with Gasteiger partial charge < -0.3 is 9.84 Å². The molecule has 23 heavy (non-hydrogen) atoms. The first-order valence-corrected chi connectivity index (χ1v) is 7.63. The lowest BCUT2D eigenvalue weighted by Gasteiger charge is -2.02. The molecule has 0 saturated heterocycles. The highest BCUT2D eigenvalue weighted by atomic mass is 35.5. The van der Waals surface area contributed by atoms with Crippen LogP contribution in [0.3, 0.4) is 0 Å². The van der Waals surface area contributed by atoms with E-state index < -0.39 is 0 Å². The molecule has 3 rings (SSSR count). The summed E-state index contributed by atoms with van der Waals surface area (Å²) in [6.07, 6.45) is 0. The van der Waals surface area contributed by atoms with Crippen molar-refractivity contribution in [3.05, 3.63) is 75.9 Å². The standard InChI is InChI=1S/C17H12Cl2N2O2/c18-13-5-1-11(2-6-13)10-20-17(22)15-9-16(23-21-15)12-3-7-14(19)8-4-12/h1-9H,10H2,(H,20,22). The van der Waals surface area contributed by atoms with Crippen LogP contribution in [-0.4, -0.2) is 11.1 Å². The van der Waals surface area contributed by atoms with Crippen molar-refractivity contribution in [1.82, 2.24) is 10.5 Å². The summed E-state index contributed by atoms with van der Waals surface area (Å²) >= 11 is 11.7. The molecule has 1 heterocycles. The van der Waals surface area contributed by atoms with Crippen LogP contribution < -0.4 is 5.32 Å². The molecule has 0 aliphatic heterocycles. The maximum Gasteiger partial charge on any atom is 0.273 e. The maximum atomic E-state index is 12.1. The van der Waals surface area contributed by atoms with Crippen molar-refractivity contribution in [2.75, 3.05) is 0 Å². The number of halogens is 2. The van der Waals surface area contributed by atoms with Gasteiger partial charge in [-0.3, -0.25) is 4.79 Å². The fourth-order valence-corrected chi connectivity index (χ4v) is 2.26. The van der Waals surface area contributed by atoms with E-state index >= 15 is 0 Å². The van der Waals surface area contributed by atoms with E-state index in [0.717, 1.165) is 11.1 Å². The van der Waals surface area contributed by atoms with E-state index in [1.165, 1.54) is 0 Å². The highest BCUT2D eigenvalue weighted by Crippen LogP contribution is 2.22. The smallest absolute Gasteiger partial charge is 0.273 e. The van der Waals surface area contributed by atoms with Crippen molar-refractivity contribution in [3.8, 4) is 11.3 Å². The maximum absolute atomic E-state index is 12.1. The van der Waals surface area contributed by atoms with Crippen molar-refractivity contribution in [2.45, 2.75) is 6.54 Å². The molecule has 0 spiro atoms. The quantitative estimate of drug-likeness (QED) is 0.752. The van der Waals surface area contributed by atoms with Gasteiger partial charge in [0.1, 0.15) is 0 Å². The Kier molecular flexibility index (Phi) is 4.65. The normalized spacial score (nSPS) is 10.5. The van der Waals surface area contributed by atoms with Crippen LogP contribution in [0, 0.1) is 0 Å². The zero-order valence-electron chi connectivity index (χ0n) is 11.9. The minimum absolute atomic E-state index is 0.226. The number of amides is 1. The molecule has 116 valence electrons. The van der Waals surface area contributed by atoms with Crippen LogP contribution >= 0.6 is 23.2 Å². The van der Waals surface area contributed by atoms with Gasteiger partial charge in [-0.15, -0.1) is 0 Å². The summed E-state index contributed by atoms with van der Waals surface area (Å²) in [6, 6.07) is 16.0. The number of hydrogen-bond donors (Lipinski definition) is 1. The van der Waals surface area contributed by atoms with Crippen LogP contribution in [0.5, 0.6) is 0 Å². The molecule has 1 aromatic heterocycles. The minimum Gasteiger partial charge on any atom is -0.355 e. The Bertz CT molecular complexity index is 811. The monoisotopic (exact) mass is 346 g/mol. The Morgan fingerprint density at radius 1 is 1.00 bits per heavy atom. The van der Waals surface area contributed by atoms with Crippen LogP contribution in [0.1, 0.15) is 16.1 Å². The summed E-state index contributed by atoms with van der Waals surface area (Å²) in [6.45, 7) is 0.388. The fraction of sp³-hybridized carbons (Fsp3) is 0.0588. The van der Waals surface area contributed by atoms with E-state index in [1.54, 1.807) is 42.5 Å². The minimum atomic E-state index is -0.302. The first kappa shape index (κ1) is 15.6. The van der Waals surface area contributed by atoms with Crippen molar-refractivity contribution >= 4 is 29.1 Å². The fourth-order valence-electron chi connectivity index (χ4n) is 2.01. The second-order valence-corrected chi connectivity index (χ2v) is 5.77. The molecule has 0 radical (unpaired) electrons.